The van der Waals surface area contributed by atoms with E-state index in [1.807, 2.05) is 20.8 Å². The van der Waals surface area contributed by atoms with Crippen molar-refractivity contribution in [3.63, 3.8) is 0 Å². The van der Waals surface area contributed by atoms with Gasteiger partial charge < -0.3 is 10.2 Å². The molecule has 0 aromatic heterocycles. The molecule has 0 spiro atoms. The molecule has 1 N–H and O–H groups in total. The van der Waals surface area contributed by atoms with Crippen molar-refractivity contribution in [1.82, 2.24) is 10.2 Å². The van der Waals surface area contributed by atoms with Gasteiger partial charge in [0.25, 0.3) is 11.6 Å². The highest BCUT2D eigenvalue weighted by molar-refractivity contribution is 5.98. The van der Waals surface area contributed by atoms with Crippen LogP contribution < -0.4 is 5.32 Å². The summed E-state index contributed by atoms with van der Waals surface area (Å²) >= 11 is 0. The number of nitrogens with one attached hydrogen (secondary N) is 1. The Kier molecular flexibility index (Phi) is 5.69. The molecule has 2 unspecified atom stereocenters. The molecule has 0 bridgehead atoms. The monoisotopic (exact) mass is 313 g/mol. The van der Waals surface area contributed by atoms with Gasteiger partial charge in [-0.1, -0.05) is 6.07 Å². The number of nitro groups is 1. The van der Waals surface area contributed by atoms with E-state index in [-0.39, 0.29) is 41.6 Å². The molecule has 0 aliphatic carbocycles. The van der Waals surface area contributed by atoms with E-state index < -0.39 is 4.92 Å². The highest BCUT2D eigenvalue weighted by atomic mass is 35.5. The van der Waals surface area contributed by atoms with Crippen LogP contribution in [0.15, 0.2) is 18.2 Å². The first kappa shape index (κ1) is 17.4. The number of hydrogen-bond acceptors (Lipinski definition) is 4. The van der Waals surface area contributed by atoms with E-state index in [9.17, 15) is 14.9 Å². The lowest BCUT2D eigenvalue weighted by molar-refractivity contribution is -0.385. The highest BCUT2D eigenvalue weighted by Crippen LogP contribution is 2.22. The minimum Gasteiger partial charge on any atom is -0.335 e. The zero-order chi connectivity index (χ0) is 14.9. The highest BCUT2D eigenvalue weighted by Gasteiger charge is 2.29. The third kappa shape index (κ3) is 3.92. The fraction of sp³-hybridized carbons (Fsp3) is 0.500. The van der Waals surface area contributed by atoms with Crippen LogP contribution in [-0.4, -0.2) is 40.9 Å². The fourth-order valence-corrected chi connectivity index (χ4v) is 2.64. The van der Waals surface area contributed by atoms with Gasteiger partial charge in [0.1, 0.15) is 5.56 Å². The first-order valence-electron chi connectivity index (χ1n) is 6.69. The van der Waals surface area contributed by atoms with Crippen molar-refractivity contribution in [2.75, 3.05) is 13.1 Å². The second kappa shape index (κ2) is 6.87. The number of nitro benzene ring substituents is 1. The Hall–Kier alpha value is -1.66. The predicted molar refractivity (Wildman–Crippen MR) is 83.0 cm³/mol. The average molecular weight is 314 g/mol. The van der Waals surface area contributed by atoms with Gasteiger partial charge >= 0.3 is 0 Å². The van der Waals surface area contributed by atoms with Crippen molar-refractivity contribution in [2.24, 2.45) is 0 Å². The van der Waals surface area contributed by atoms with Gasteiger partial charge in [0.2, 0.25) is 0 Å². The Morgan fingerprint density at radius 3 is 2.43 bits per heavy atom. The molecule has 116 valence electrons. The van der Waals surface area contributed by atoms with E-state index in [2.05, 4.69) is 5.32 Å². The number of rotatable bonds is 2. The van der Waals surface area contributed by atoms with Crippen LogP contribution in [0.1, 0.15) is 29.8 Å². The summed E-state index contributed by atoms with van der Waals surface area (Å²) < 4.78 is 0. The summed E-state index contributed by atoms with van der Waals surface area (Å²) in [7, 11) is 0. The van der Waals surface area contributed by atoms with E-state index in [4.69, 9.17) is 0 Å². The van der Waals surface area contributed by atoms with Gasteiger partial charge in [0, 0.05) is 31.2 Å². The van der Waals surface area contributed by atoms with Crippen molar-refractivity contribution >= 4 is 24.0 Å². The largest absolute Gasteiger partial charge is 0.335 e. The summed E-state index contributed by atoms with van der Waals surface area (Å²) in [5.41, 5.74) is 0.894. The third-order valence-electron chi connectivity index (χ3n) is 3.42. The van der Waals surface area contributed by atoms with Gasteiger partial charge in [-0.15, -0.1) is 12.4 Å². The van der Waals surface area contributed by atoms with Crippen molar-refractivity contribution in [2.45, 2.75) is 32.9 Å². The maximum Gasteiger partial charge on any atom is 0.282 e. The molecule has 0 saturated carbocycles. The van der Waals surface area contributed by atoms with E-state index >= 15 is 0 Å². The minimum atomic E-state index is -0.498. The van der Waals surface area contributed by atoms with Crippen LogP contribution >= 0.6 is 12.4 Å². The summed E-state index contributed by atoms with van der Waals surface area (Å²) in [6.07, 6.45) is 0. The Balaban J connectivity index is 0.00000220. The van der Waals surface area contributed by atoms with Crippen LogP contribution in [0.3, 0.4) is 0 Å². The Bertz CT molecular complexity index is 540. The second-order valence-corrected chi connectivity index (χ2v) is 5.46. The Morgan fingerprint density at radius 2 is 1.90 bits per heavy atom. The van der Waals surface area contributed by atoms with Crippen molar-refractivity contribution in [1.29, 1.82) is 0 Å². The first-order chi connectivity index (χ1) is 9.38. The topological polar surface area (TPSA) is 75.5 Å². The molecule has 1 aromatic rings. The first-order valence-corrected chi connectivity index (χ1v) is 6.69. The smallest absolute Gasteiger partial charge is 0.282 e. The molecule has 0 radical (unpaired) electrons. The molecule has 21 heavy (non-hydrogen) atoms. The summed E-state index contributed by atoms with van der Waals surface area (Å²) in [5.74, 6) is -0.263. The summed E-state index contributed by atoms with van der Waals surface area (Å²) in [5, 5.41) is 14.4. The molecular formula is C14H20ClN3O3. The number of benzene rings is 1. The predicted octanol–water partition coefficient (Wildman–Crippen LogP) is 2.15. The number of piperazine rings is 1. The van der Waals surface area contributed by atoms with E-state index in [1.165, 1.54) is 6.07 Å². The number of halogens is 1. The van der Waals surface area contributed by atoms with Crippen LogP contribution in [-0.2, 0) is 0 Å². The molecule has 7 heteroatoms. The molecular weight excluding hydrogens is 294 g/mol. The number of carbonyl (C=O) groups excluding carboxylic acids is 1. The van der Waals surface area contributed by atoms with Gasteiger partial charge in [0.05, 0.1) is 4.92 Å². The lowest BCUT2D eigenvalue weighted by Crippen LogP contribution is -2.55. The van der Waals surface area contributed by atoms with Crippen molar-refractivity contribution in [3.05, 3.63) is 39.4 Å². The lowest BCUT2D eigenvalue weighted by atomic mass is 10.1. The molecule has 1 fully saturated rings. The Labute approximate surface area is 130 Å². The zero-order valence-electron chi connectivity index (χ0n) is 12.3. The number of hydrogen-bond donors (Lipinski definition) is 1. The molecule has 1 saturated heterocycles. The van der Waals surface area contributed by atoms with Gasteiger partial charge in [-0.25, -0.2) is 0 Å². The standard InChI is InChI=1S/C14H19N3O3.ClH/c1-9-4-5-13(17(19)20)12(6-9)14(18)16-7-10(2)15-11(3)8-16;/h4-6,10-11,15H,7-8H2,1-3H3;1H. The summed E-state index contributed by atoms with van der Waals surface area (Å²) in [6.45, 7) is 6.95. The zero-order valence-corrected chi connectivity index (χ0v) is 13.1. The summed E-state index contributed by atoms with van der Waals surface area (Å²) in [4.78, 5) is 24.8. The molecule has 1 aromatic carbocycles. The maximum atomic E-state index is 12.6. The molecule has 2 atom stereocenters. The number of carbonyl (C=O) groups is 1. The Morgan fingerprint density at radius 1 is 1.33 bits per heavy atom. The van der Waals surface area contributed by atoms with Gasteiger partial charge in [0.15, 0.2) is 0 Å². The second-order valence-electron chi connectivity index (χ2n) is 5.46. The van der Waals surface area contributed by atoms with Crippen LogP contribution in [0.2, 0.25) is 0 Å². The molecule has 1 amide bonds. The average Bonchev–Trinajstić information content (AvgIpc) is 2.36. The third-order valence-corrected chi connectivity index (χ3v) is 3.42. The molecule has 1 heterocycles. The van der Waals surface area contributed by atoms with Crippen LogP contribution in [0.25, 0.3) is 0 Å². The van der Waals surface area contributed by atoms with Crippen LogP contribution in [0.4, 0.5) is 5.69 Å². The van der Waals surface area contributed by atoms with Crippen molar-refractivity contribution < 1.29 is 9.72 Å². The van der Waals surface area contributed by atoms with Crippen LogP contribution in [0.5, 0.6) is 0 Å². The number of amides is 1. The van der Waals surface area contributed by atoms with Crippen LogP contribution in [0, 0.1) is 17.0 Å². The number of nitrogens with zero attached hydrogens (tertiary/aromatic N) is 2. The normalized spacial score (nSPS) is 21.6. The molecule has 1 aliphatic rings. The van der Waals surface area contributed by atoms with E-state index in [0.717, 1.165) is 5.56 Å². The van der Waals surface area contributed by atoms with Gasteiger partial charge in [-0.3, -0.25) is 14.9 Å². The maximum absolute atomic E-state index is 12.6. The van der Waals surface area contributed by atoms with Gasteiger partial charge in [-0.2, -0.15) is 0 Å². The molecule has 1 aliphatic heterocycles. The van der Waals surface area contributed by atoms with E-state index in [0.29, 0.717) is 13.1 Å². The lowest BCUT2D eigenvalue weighted by Gasteiger charge is -2.36. The van der Waals surface area contributed by atoms with E-state index in [1.54, 1.807) is 17.0 Å². The molecule has 2 rings (SSSR count). The fourth-order valence-electron chi connectivity index (χ4n) is 2.64. The van der Waals surface area contributed by atoms with Gasteiger partial charge in [-0.05, 0) is 32.4 Å². The summed E-state index contributed by atoms with van der Waals surface area (Å²) in [6, 6.07) is 5.02. The minimum absolute atomic E-state index is 0. The number of aryl methyl sites for hydroxylation is 1. The SMILES string of the molecule is Cc1ccc([N+](=O)[O-])c(C(=O)N2CC(C)NC(C)C2)c1.Cl. The molecule has 6 nitrogen and oxygen atoms in total. The quantitative estimate of drug-likeness (QED) is 0.670. The van der Waals surface area contributed by atoms with Crippen molar-refractivity contribution in [3.8, 4) is 0 Å².